The molecule has 1 saturated carbocycles. The van der Waals surface area contributed by atoms with Crippen molar-refractivity contribution in [2.24, 2.45) is 5.92 Å². The molecule has 7 rings (SSSR count). The number of alkyl halides is 8. The SMILES string of the molecule is CC(C)(C#Cc1ccc(-c2ccc(Cl)c3c(N(C(=O)N(CCNC(=O)OCOP(=O)(O)O)CCC(=O)O)S(C)(=O)=O)nn(CC(F)(F)F)c23)c([C@H](Cc2cc(F)cc(F)c2)NC(=O)Cn2nc(C(F)(F)F)c3c2C(F)(F)[C@@H]2C[C@H]32)n1)S(C)(=O)=O. The van der Waals surface area contributed by atoms with Crippen LogP contribution in [-0.2, 0) is 74.9 Å². The Balaban J connectivity index is 1.44. The third-order valence-electron chi connectivity index (χ3n) is 12.9. The fourth-order valence-electron chi connectivity index (χ4n) is 8.94. The molecule has 456 valence electrons. The minimum atomic E-state index is -5.29. The molecule has 1 fully saturated rings. The van der Waals surface area contributed by atoms with E-state index in [1.54, 1.807) is 0 Å². The van der Waals surface area contributed by atoms with E-state index >= 15 is 8.78 Å². The number of halogens is 11. The fourth-order valence-corrected chi connectivity index (χ4v) is 10.4. The zero-order valence-corrected chi connectivity index (χ0v) is 46.8. The molecule has 5 N–H and O–H groups in total. The number of aromatic nitrogens is 5. The van der Waals surface area contributed by atoms with Crippen molar-refractivity contribution >= 4 is 80.0 Å². The Morgan fingerprint density at radius 3 is 2.18 bits per heavy atom. The van der Waals surface area contributed by atoms with Gasteiger partial charge in [-0.25, -0.2) is 49.3 Å². The number of hydrogen-bond acceptors (Lipinski definition) is 14. The number of anilines is 1. The highest BCUT2D eigenvalue weighted by molar-refractivity contribution is 7.93. The predicted octanol–water partition coefficient (Wildman–Crippen LogP) is 6.75. The highest BCUT2D eigenvalue weighted by atomic mass is 35.5. The van der Waals surface area contributed by atoms with E-state index in [2.05, 4.69) is 41.6 Å². The van der Waals surface area contributed by atoms with Crippen LogP contribution in [0.25, 0.3) is 22.0 Å². The van der Waals surface area contributed by atoms with Crippen LogP contribution in [0.5, 0.6) is 0 Å². The van der Waals surface area contributed by atoms with Gasteiger partial charge in [0.25, 0.3) is 5.92 Å². The van der Waals surface area contributed by atoms with Gasteiger partial charge in [0.2, 0.25) is 22.7 Å². The molecule has 5 aromatic rings. The number of pyridine rings is 1. The minimum absolute atomic E-state index is 0.124. The number of fused-ring (bicyclic) bond motifs is 4. The summed E-state index contributed by atoms with van der Waals surface area (Å²) in [7, 11) is -14.3. The second-order valence-electron chi connectivity index (χ2n) is 19.6. The number of carbonyl (C=O) groups excluding carboxylic acids is 3. The van der Waals surface area contributed by atoms with Gasteiger partial charge in [0.15, 0.2) is 21.3 Å². The van der Waals surface area contributed by atoms with Gasteiger partial charge in [0.05, 0.1) is 40.3 Å². The summed E-state index contributed by atoms with van der Waals surface area (Å²) >= 11 is 6.69. The summed E-state index contributed by atoms with van der Waals surface area (Å²) in [4.78, 5) is 75.4. The van der Waals surface area contributed by atoms with Crippen LogP contribution in [0.15, 0.2) is 42.5 Å². The molecule has 4 amide bonds. The molecule has 3 aromatic heterocycles. The first-order chi connectivity index (χ1) is 38.6. The molecule has 0 bridgehead atoms. The average Bonchev–Trinajstić information content (AvgIpc) is 1.53. The Bertz CT molecular complexity index is 3810. The van der Waals surface area contributed by atoms with Gasteiger partial charge in [-0.2, -0.15) is 49.6 Å². The van der Waals surface area contributed by atoms with Crippen molar-refractivity contribution in [3.05, 3.63) is 93.0 Å². The number of benzene rings is 2. The number of alkyl carbamates (subject to hydrolysis) is 1. The zero-order valence-electron chi connectivity index (χ0n) is 43.5. The van der Waals surface area contributed by atoms with Crippen LogP contribution >= 0.6 is 19.4 Å². The molecule has 0 radical (unpaired) electrons. The molecular formula is C47H45ClF10N9O14PS2. The number of phosphoric ester groups is 1. The molecule has 23 nitrogen and oxygen atoms in total. The van der Waals surface area contributed by atoms with Crippen molar-refractivity contribution in [3.8, 4) is 23.0 Å². The number of nitrogens with zero attached hydrogens (tertiary/aromatic N) is 7. The van der Waals surface area contributed by atoms with E-state index in [0.717, 1.165) is 42.7 Å². The number of rotatable bonds is 20. The summed E-state index contributed by atoms with van der Waals surface area (Å²) in [5.74, 6) is -8.30. The molecule has 0 spiro atoms. The molecule has 0 saturated heterocycles. The number of nitrogens with one attached hydrogen (secondary N) is 2. The molecule has 3 atom stereocenters. The number of carboxylic acid groups (broad SMARTS) is 1. The molecule has 2 aliphatic rings. The number of ether oxygens (including phenoxy) is 1. The molecular weight excluding hydrogens is 1240 g/mol. The number of sulfone groups is 1. The number of sulfonamides is 1. The second-order valence-corrected chi connectivity index (χ2v) is 25.6. The maximum atomic E-state index is 15.7. The lowest BCUT2D eigenvalue weighted by atomic mass is 9.93. The van der Waals surface area contributed by atoms with Gasteiger partial charge in [-0.3, -0.25) is 19.0 Å². The van der Waals surface area contributed by atoms with Crippen LogP contribution in [-0.4, -0.2) is 135 Å². The summed E-state index contributed by atoms with van der Waals surface area (Å²) in [5, 5.41) is 19.7. The number of hydrogen-bond donors (Lipinski definition) is 5. The second kappa shape index (κ2) is 23.4. The Kier molecular flexibility index (Phi) is 18.0. The van der Waals surface area contributed by atoms with E-state index in [9.17, 15) is 80.8 Å². The van der Waals surface area contributed by atoms with E-state index in [-0.39, 0.29) is 25.7 Å². The molecule has 84 heavy (non-hydrogen) atoms. The van der Waals surface area contributed by atoms with Crippen molar-refractivity contribution in [1.82, 2.24) is 40.1 Å². The summed E-state index contributed by atoms with van der Waals surface area (Å²) in [5.41, 5.74) is -6.77. The van der Waals surface area contributed by atoms with Crippen LogP contribution in [0.1, 0.15) is 72.6 Å². The number of urea groups is 1. The lowest BCUT2D eigenvalue weighted by molar-refractivity contribution is -0.143. The van der Waals surface area contributed by atoms with Gasteiger partial charge in [-0.05, 0) is 74.4 Å². The van der Waals surface area contributed by atoms with E-state index in [1.165, 1.54) is 13.8 Å². The Morgan fingerprint density at radius 2 is 1.60 bits per heavy atom. The lowest BCUT2D eigenvalue weighted by Gasteiger charge is -2.28. The van der Waals surface area contributed by atoms with Crippen LogP contribution in [0, 0.1) is 29.4 Å². The number of phosphoric acid groups is 1. The first-order valence-corrected chi connectivity index (χ1v) is 29.6. The van der Waals surface area contributed by atoms with Gasteiger partial charge >= 0.3 is 38.3 Å². The molecule has 2 aromatic carbocycles. The van der Waals surface area contributed by atoms with Crippen molar-refractivity contribution in [3.63, 3.8) is 0 Å². The topological polar surface area (TPSA) is 312 Å². The van der Waals surface area contributed by atoms with Gasteiger partial charge in [0.1, 0.15) is 40.9 Å². The molecule has 37 heteroatoms. The van der Waals surface area contributed by atoms with E-state index < -0.39 is 218 Å². The number of carbonyl (C=O) groups is 4. The lowest BCUT2D eigenvalue weighted by Crippen LogP contribution is -2.49. The average molecular weight is 1280 g/mol. The Hall–Kier alpha value is -7.09. The third-order valence-corrected chi connectivity index (χ3v) is 16.6. The predicted molar refractivity (Wildman–Crippen MR) is 272 cm³/mol. The van der Waals surface area contributed by atoms with E-state index in [1.807, 2.05) is 5.32 Å². The highest BCUT2D eigenvalue weighted by Crippen LogP contribution is 2.68. The Labute approximate surface area is 473 Å². The van der Waals surface area contributed by atoms with Gasteiger partial charge < -0.3 is 35.2 Å². The highest BCUT2D eigenvalue weighted by Gasteiger charge is 2.68. The largest absolute Gasteiger partial charge is 0.481 e. The van der Waals surface area contributed by atoms with Crippen molar-refractivity contribution in [1.29, 1.82) is 0 Å². The number of amides is 4. The van der Waals surface area contributed by atoms with Crippen LogP contribution < -0.4 is 14.9 Å². The monoisotopic (exact) mass is 1280 g/mol. The maximum absolute atomic E-state index is 15.7. The summed E-state index contributed by atoms with van der Waals surface area (Å²) in [6.07, 6.45) is -12.9. The first kappa shape index (κ1) is 64.5. The summed E-state index contributed by atoms with van der Waals surface area (Å²) in [6.45, 7) is -4.89. The Morgan fingerprint density at radius 1 is 0.952 bits per heavy atom. The summed E-state index contributed by atoms with van der Waals surface area (Å²) < 4.78 is 219. The van der Waals surface area contributed by atoms with Crippen LogP contribution in [0.4, 0.5) is 59.3 Å². The normalized spacial score (nSPS) is 16.2. The fraction of sp³-hybridized carbons (Fsp3) is 0.426. The van der Waals surface area contributed by atoms with Crippen LogP contribution in [0.2, 0.25) is 5.02 Å². The number of aliphatic carboxylic acids is 1. The van der Waals surface area contributed by atoms with Crippen molar-refractivity contribution in [2.45, 2.75) is 81.2 Å². The van der Waals surface area contributed by atoms with Gasteiger partial charge in [-0.1, -0.05) is 23.6 Å². The van der Waals surface area contributed by atoms with Crippen molar-refractivity contribution in [2.75, 3.05) is 43.2 Å². The smallest absolute Gasteiger partial charge is 0.472 e. The van der Waals surface area contributed by atoms with Gasteiger partial charge in [0, 0.05) is 54.6 Å². The van der Waals surface area contributed by atoms with Crippen LogP contribution in [0.3, 0.4) is 0 Å². The number of carboxylic acids is 1. The summed E-state index contributed by atoms with van der Waals surface area (Å²) in [6, 6.07) is 2.37. The van der Waals surface area contributed by atoms with Crippen molar-refractivity contribution < 1.29 is 109 Å². The molecule has 3 heterocycles. The maximum Gasteiger partial charge on any atom is 0.472 e. The molecule has 0 aliphatic heterocycles. The first-order valence-electron chi connectivity index (χ1n) is 24.0. The zero-order chi connectivity index (χ0) is 62.6. The van der Waals surface area contributed by atoms with E-state index in [4.69, 9.17) is 21.4 Å². The third kappa shape index (κ3) is 14.7. The quantitative estimate of drug-likeness (QED) is 0.0233. The minimum Gasteiger partial charge on any atom is -0.481 e. The molecule has 0 unspecified atom stereocenters. The van der Waals surface area contributed by atoms with E-state index in [0.29, 0.717) is 17.2 Å². The van der Waals surface area contributed by atoms with Gasteiger partial charge in [-0.15, -0.1) is 0 Å². The standard InChI is InChI=1S/C47H45ClF10N9O14PS2/c1-44(2,83(3,76)77)11-9-26-5-6-27(37(60-26)32(17-23-15-24(49)18-25(50)16-23)61-33(68)20-65-40-35(39(62-65)47(56,57)58)29-19-30(29)46(40,54)55)28-7-8-31(48)36-38(28)66(21-45(51,52)53)63-41(36)67(84(4,78)79)43(72)64(13-10-34(69)70)14-12-59-42(71)80-22-81-82(73,74)75/h5-8,15-16,18,29-30,32H,10,12-14,17,19-22H2,1-4H3,(H,59,71)(H,61,68)(H,69,70)(H2,73,74,75)/t29-,30+,32-/m0/s1. The molecule has 2 aliphatic carbocycles.